The third-order valence-electron chi connectivity index (χ3n) is 5.37. The Bertz CT molecular complexity index is 1230. The second kappa shape index (κ2) is 7.84. The van der Waals surface area contributed by atoms with Gasteiger partial charge < -0.3 is 11.1 Å². The van der Waals surface area contributed by atoms with Crippen LogP contribution in [0.25, 0.3) is 28.2 Å². The fourth-order valence-electron chi connectivity index (χ4n) is 3.73. The normalized spacial score (nSPS) is 16.5. The molecule has 1 aromatic carbocycles. The van der Waals surface area contributed by atoms with Crippen LogP contribution in [0.15, 0.2) is 42.9 Å². The molecule has 5 rings (SSSR count). The van der Waals surface area contributed by atoms with Crippen molar-refractivity contribution in [2.75, 3.05) is 18.8 Å². The van der Waals surface area contributed by atoms with Gasteiger partial charge in [-0.3, -0.25) is 4.68 Å². The number of hydrogen-bond acceptors (Lipinski definition) is 7. The van der Waals surface area contributed by atoms with Crippen molar-refractivity contribution in [2.45, 2.75) is 18.9 Å². The zero-order chi connectivity index (χ0) is 21.4. The van der Waals surface area contributed by atoms with Crippen LogP contribution in [0.2, 0.25) is 0 Å². The molecule has 1 fully saturated rings. The number of tetrazole rings is 1. The minimum absolute atomic E-state index is 0.123. The first kappa shape index (κ1) is 19.2. The lowest BCUT2D eigenvalue weighted by Crippen LogP contribution is -2.31. The van der Waals surface area contributed by atoms with Crippen LogP contribution in [0, 0.1) is 11.6 Å². The molecule has 0 unspecified atom stereocenters. The number of anilines is 1. The molecule has 3 N–H and O–H groups in total. The van der Waals surface area contributed by atoms with Crippen molar-refractivity contribution in [3.63, 3.8) is 0 Å². The van der Waals surface area contributed by atoms with Crippen molar-refractivity contribution in [1.29, 1.82) is 0 Å². The molecule has 0 saturated carbocycles. The highest BCUT2D eigenvalue weighted by Gasteiger charge is 2.20. The molecule has 1 saturated heterocycles. The van der Waals surface area contributed by atoms with E-state index in [0.717, 1.165) is 47.8 Å². The number of pyridine rings is 1. The molecule has 4 heterocycles. The number of rotatable bonds is 4. The Kier molecular flexibility index (Phi) is 4.86. The quantitative estimate of drug-likeness (QED) is 0.518. The van der Waals surface area contributed by atoms with E-state index in [1.54, 1.807) is 18.5 Å². The topological polar surface area (TPSA) is 112 Å². The van der Waals surface area contributed by atoms with Gasteiger partial charge in [0.2, 0.25) is 0 Å². The molecule has 1 aliphatic rings. The van der Waals surface area contributed by atoms with Crippen LogP contribution in [0.3, 0.4) is 0 Å². The number of aromatic nitrogens is 7. The summed E-state index contributed by atoms with van der Waals surface area (Å²) in [7, 11) is 0. The average molecular weight is 423 g/mol. The first-order valence-corrected chi connectivity index (χ1v) is 9.85. The molecule has 0 bridgehead atoms. The van der Waals surface area contributed by atoms with E-state index in [1.807, 2.05) is 10.9 Å². The van der Waals surface area contributed by atoms with Gasteiger partial charge in [-0.1, -0.05) is 6.07 Å². The number of hydrogen-bond donors (Lipinski definition) is 2. The van der Waals surface area contributed by atoms with Gasteiger partial charge in [0.15, 0.2) is 17.5 Å². The third kappa shape index (κ3) is 3.52. The van der Waals surface area contributed by atoms with Gasteiger partial charge >= 0.3 is 0 Å². The molecule has 1 aliphatic heterocycles. The van der Waals surface area contributed by atoms with E-state index in [9.17, 15) is 8.78 Å². The minimum Gasteiger partial charge on any atom is -0.383 e. The summed E-state index contributed by atoms with van der Waals surface area (Å²) >= 11 is 0. The predicted octanol–water partition coefficient (Wildman–Crippen LogP) is 2.37. The number of nitrogens with two attached hydrogens (primary N) is 1. The van der Waals surface area contributed by atoms with E-state index >= 15 is 0 Å². The van der Waals surface area contributed by atoms with Crippen molar-refractivity contribution in [3.05, 3.63) is 54.5 Å². The van der Waals surface area contributed by atoms with Gasteiger partial charge in [0, 0.05) is 30.1 Å². The van der Waals surface area contributed by atoms with E-state index in [2.05, 4.69) is 30.9 Å². The van der Waals surface area contributed by atoms with Crippen LogP contribution in [0.5, 0.6) is 0 Å². The number of piperidine rings is 1. The van der Waals surface area contributed by atoms with Crippen LogP contribution in [0.1, 0.15) is 18.9 Å². The molecule has 11 heteroatoms. The summed E-state index contributed by atoms with van der Waals surface area (Å²) in [5, 5.41) is 19.3. The summed E-state index contributed by atoms with van der Waals surface area (Å²) in [5.41, 5.74) is 7.97. The Morgan fingerprint density at radius 1 is 1.16 bits per heavy atom. The van der Waals surface area contributed by atoms with Gasteiger partial charge in [0.25, 0.3) is 0 Å². The summed E-state index contributed by atoms with van der Waals surface area (Å²) in [6.45, 7) is 1.90. The molecular weight excluding hydrogens is 404 g/mol. The number of nitrogens with zero attached hydrogens (tertiary/aromatic N) is 7. The summed E-state index contributed by atoms with van der Waals surface area (Å²) in [6, 6.07) is 5.85. The first-order valence-electron chi connectivity index (χ1n) is 9.85. The second-order valence-corrected chi connectivity index (χ2v) is 7.35. The maximum absolute atomic E-state index is 14.3. The second-order valence-electron chi connectivity index (χ2n) is 7.35. The lowest BCUT2D eigenvalue weighted by molar-refractivity contribution is 0.347. The molecule has 9 nitrogen and oxygen atoms in total. The Hall–Kier alpha value is -3.73. The summed E-state index contributed by atoms with van der Waals surface area (Å²) in [6.07, 6.45) is 7.53. The molecule has 0 aliphatic carbocycles. The highest BCUT2D eigenvalue weighted by atomic mass is 19.2. The number of nitrogen functional groups attached to an aromatic ring is 1. The van der Waals surface area contributed by atoms with E-state index in [1.165, 1.54) is 12.1 Å². The summed E-state index contributed by atoms with van der Waals surface area (Å²) < 4.78 is 31.1. The van der Waals surface area contributed by atoms with Crippen LogP contribution >= 0.6 is 0 Å². The van der Waals surface area contributed by atoms with Gasteiger partial charge in [-0.2, -0.15) is 9.78 Å². The molecule has 0 radical (unpaired) electrons. The van der Waals surface area contributed by atoms with Gasteiger partial charge in [0.05, 0.1) is 17.8 Å². The summed E-state index contributed by atoms with van der Waals surface area (Å²) in [5.74, 6) is -1.73. The molecule has 1 atom stereocenters. The standard InChI is InChI=1S/C20H19F2N9/c21-16-4-1-5-17(18(16)22)31-20(27-28-29-31)15-7-12(8-25-19(15)23)13-9-26-30(11-13)14-3-2-6-24-10-14/h1,4-5,7-9,11,14,24H,2-3,6,10H2,(H2,23,25)/t14-/m1/s1. The highest BCUT2D eigenvalue weighted by molar-refractivity contribution is 5.76. The summed E-state index contributed by atoms with van der Waals surface area (Å²) in [4.78, 5) is 4.26. The smallest absolute Gasteiger partial charge is 0.190 e. The van der Waals surface area contributed by atoms with Gasteiger partial charge in [-0.15, -0.1) is 5.10 Å². The Morgan fingerprint density at radius 3 is 2.90 bits per heavy atom. The zero-order valence-corrected chi connectivity index (χ0v) is 16.4. The number of benzene rings is 1. The van der Waals surface area contributed by atoms with Crippen molar-refractivity contribution in [2.24, 2.45) is 0 Å². The van der Waals surface area contributed by atoms with E-state index in [0.29, 0.717) is 11.6 Å². The van der Waals surface area contributed by atoms with Crippen molar-refractivity contribution in [1.82, 2.24) is 40.3 Å². The van der Waals surface area contributed by atoms with Crippen molar-refractivity contribution < 1.29 is 8.78 Å². The molecule has 0 spiro atoms. The van der Waals surface area contributed by atoms with Crippen LogP contribution in [0.4, 0.5) is 14.6 Å². The zero-order valence-electron chi connectivity index (χ0n) is 16.4. The van der Waals surface area contributed by atoms with E-state index in [-0.39, 0.29) is 17.3 Å². The SMILES string of the molecule is Nc1ncc(-c2cnn([C@@H]3CCCNC3)c2)cc1-c1nnnn1-c1cccc(F)c1F. The third-order valence-corrected chi connectivity index (χ3v) is 5.37. The average Bonchev–Trinajstić information content (AvgIpc) is 3.47. The fourth-order valence-corrected chi connectivity index (χ4v) is 3.73. The van der Waals surface area contributed by atoms with Gasteiger partial charge in [-0.05, 0) is 48.0 Å². The van der Waals surface area contributed by atoms with Crippen molar-refractivity contribution in [3.8, 4) is 28.2 Å². The molecule has 31 heavy (non-hydrogen) atoms. The number of nitrogens with one attached hydrogen (secondary N) is 1. The lowest BCUT2D eigenvalue weighted by Gasteiger charge is -2.22. The molecule has 4 aromatic rings. The Morgan fingerprint density at radius 2 is 2.06 bits per heavy atom. The monoisotopic (exact) mass is 423 g/mol. The largest absolute Gasteiger partial charge is 0.383 e. The van der Waals surface area contributed by atoms with E-state index < -0.39 is 11.6 Å². The molecule has 158 valence electrons. The van der Waals surface area contributed by atoms with Crippen LogP contribution in [-0.4, -0.2) is 48.1 Å². The lowest BCUT2D eigenvalue weighted by atomic mass is 10.1. The maximum atomic E-state index is 14.3. The van der Waals surface area contributed by atoms with Crippen molar-refractivity contribution >= 4 is 5.82 Å². The van der Waals surface area contributed by atoms with Gasteiger partial charge in [-0.25, -0.2) is 13.8 Å². The van der Waals surface area contributed by atoms with Crippen LogP contribution in [-0.2, 0) is 0 Å². The molecule has 0 amide bonds. The van der Waals surface area contributed by atoms with Gasteiger partial charge in [0.1, 0.15) is 11.5 Å². The van der Waals surface area contributed by atoms with Crippen LogP contribution < -0.4 is 11.1 Å². The molecular formula is C20H19F2N9. The molecule has 3 aromatic heterocycles. The number of halogens is 2. The Labute approximate surface area is 175 Å². The maximum Gasteiger partial charge on any atom is 0.190 e. The predicted molar refractivity (Wildman–Crippen MR) is 109 cm³/mol. The Balaban J connectivity index is 1.53. The first-order chi connectivity index (χ1) is 15.1. The highest BCUT2D eigenvalue weighted by Crippen LogP contribution is 2.30. The van der Waals surface area contributed by atoms with E-state index in [4.69, 9.17) is 5.73 Å². The fraction of sp³-hybridized carbons (Fsp3) is 0.250. The minimum atomic E-state index is -1.05.